The van der Waals surface area contributed by atoms with Crippen LogP contribution in [0.4, 0.5) is 4.39 Å². The maximum Gasteiger partial charge on any atom is 0.257 e. The smallest absolute Gasteiger partial charge is 0.257 e. The molecule has 4 heterocycles. The van der Waals surface area contributed by atoms with Gasteiger partial charge in [-0.05, 0) is 43.5 Å². The summed E-state index contributed by atoms with van der Waals surface area (Å²) in [7, 11) is 0. The lowest BCUT2D eigenvalue weighted by atomic mass is 9.89. The molecule has 1 spiro atoms. The van der Waals surface area contributed by atoms with Gasteiger partial charge in [-0.2, -0.15) is 0 Å². The monoisotopic (exact) mass is 409 g/mol. The first-order chi connectivity index (χ1) is 14.5. The van der Waals surface area contributed by atoms with Crippen LogP contribution in [0.15, 0.2) is 42.6 Å². The van der Waals surface area contributed by atoms with Crippen molar-refractivity contribution in [2.45, 2.75) is 50.5 Å². The minimum absolute atomic E-state index is 0.0181. The number of carbonyl (C=O) groups is 2. The Hall–Kier alpha value is -2.80. The molecule has 3 fully saturated rings. The van der Waals surface area contributed by atoms with Gasteiger partial charge in [0.15, 0.2) is 5.60 Å². The average Bonchev–Trinajstić information content (AvgIpc) is 3.29. The Morgan fingerprint density at radius 3 is 2.63 bits per heavy atom. The number of hydrogen-bond acceptors (Lipinski definition) is 4. The summed E-state index contributed by atoms with van der Waals surface area (Å²) >= 11 is 0. The van der Waals surface area contributed by atoms with E-state index in [1.807, 2.05) is 18.2 Å². The SMILES string of the molecule is Cc1ncc([C@@H]2CC[C@H]3OC4(CCN(C(=O)c5ccccc5)CC4)C(=O)N32)cc1F. The van der Waals surface area contributed by atoms with Gasteiger partial charge in [-0.15, -0.1) is 0 Å². The van der Waals surface area contributed by atoms with Crippen LogP contribution in [0.3, 0.4) is 0 Å². The second-order valence-electron chi connectivity index (χ2n) is 8.37. The predicted octanol–water partition coefficient (Wildman–Crippen LogP) is 3.22. The van der Waals surface area contributed by atoms with Gasteiger partial charge in [0.25, 0.3) is 11.8 Å². The van der Waals surface area contributed by atoms with Gasteiger partial charge in [0.2, 0.25) is 0 Å². The largest absolute Gasteiger partial charge is 0.342 e. The molecule has 1 aromatic heterocycles. The zero-order chi connectivity index (χ0) is 20.9. The fraction of sp³-hybridized carbons (Fsp3) is 0.435. The summed E-state index contributed by atoms with van der Waals surface area (Å²) in [5, 5.41) is 0. The first-order valence-electron chi connectivity index (χ1n) is 10.5. The van der Waals surface area contributed by atoms with E-state index in [1.165, 1.54) is 6.07 Å². The third-order valence-corrected chi connectivity index (χ3v) is 6.63. The molecule has 3 aliphatic heterocycles. The molecule has 6 nitrogen and oxygen atoms in total. The molecule has 0 N–H and O–H groups in total. The van der Waals surface area contributed by atoms with Crippen molar-refractivity contribution in [3.8, 4) is 0 Å². The number of benzene rings is 1. The van der Waals surface area contributed by atoms with Crippen LogP contribution in [0, 0.1) is 12.7 Å². The number of halogens is 1. The van der Waals surface area contributed by atoms with Crippen LogP contribution in [-0.2, 0) is 9.53 Å². The van der Waals surface area contributed by atoms with E-state index in [9.17, 15) is 14.0 Å². The van der Waals surface area contributed by atoms with E-state index >= 15 is 0 Å². The first-order valence-corrected chi connectivity index (χ1v) is 10.5. The molecule has 3 saturated heterocycles. The lowest BCUT2D eigenvalue weighted by Crippen LogP contribution is -2.51. The van der Waals surface area contributed by atoms with Crippen molar-refractivity contribution in [1.82, 2.24) is 14.8 Å². The van der Waals surface area contributed by atoms with Crippen LogP contribution in [0.1, 0.15) is 53.3 Å². The van der Waals surface area contributed by atoms with Crippen molar-refractivity contribution < 1.29 is 18.7 Å². The fourth-order valence-corrected chi connectivity index (χ4v) is 4.91. The Balaban J connectivity index is 1.31. The molecule has 2 atom stereocenters. The number of rotatable bonds is 2. The van der Waals surface area contributed by atoms with Crippen molar-refractivity contribution in [3.63, 3.8) is 0 Å². The van der Waals surface area contributed by atoms with Gasteiger partial charge in [0.1, 0.15) is 12.0 Å². The third-order valence-electron chi connectivity index (χ3n) is 6.63. The summed E-state index contributed by atoms with van der Waals surface area (Å²) in [6.45, 7) is 2.58. The van der Waals surface area contributed by atoms with Gasteiger partial charge >= 0.3 is 0 Å². The highest BCUT2D eigenvalue weighted by atomic mass is 19.1. The number of fused-ring (bicyclic) bond motifs is 1. The van der Waals surface area contributed by atoms with E-state index in [4.69, 9.17) is 4.74 Å². The molecule has 156 valence electrons. The van der Waals surface area contributed by atoms with Crippen LogP contribution >= 0.6 is 0 Å². The molecule has 0 aliphatic carbocycles. The minimum Gasteiger partial charge on any atom is -0.342 e. The minimum atomic E-state index is -0.881. The van der Waals surface area contributed by atoms with Crippen molar-refractivity contribution in [2.75, 3.05) is 13.1 Å². The molecule has 0 unspecified atom stereocenters. The van der Waals surface area contributed by atoms with Crippen LogP contribution < -0.4 is 0 Å². The van der Waals surface area contributed by atoms with Gasteiger partial charge in [-0.25, -0.2) is 4.39 Å². The number of ether oxygens (including phenoxy) is 1. The molecule has 0 saturated carbocycles. The Kier molecular flexibility index (Phi) is 4.58. The Labute approximate surface area is 174 Å². The zero-order valence-corrected chi connectivity index (χ0v) is 16.9. The van der Waals surface area contributed by atoms with Gasteiger partial charge in [-0.1, -0.05) is 18.2 Å². The molecular formula is C23H24FN3O3. The number of nitrogens with zero attached hydrogens (tertiary/aromatic N) is 3. The average molecular weight is 409 g/mol. The second kappa shape index (κ2) is 7.16. The molecule has 30 heavy (non-hydrogen) atoms. The maximum absolute atomic E-state index is 14.0. The molecule has 7 heteroatoms. The topological polar surface area (TPSA) is 62.7 Å². The lowest BCUT2D eigenvalue weighted by molar-refractivity contribution is -0.142. The fourth-order valence-electron chi connectivity index (χ4n) is 4.91. The number of amides is 2. The molecule has 3 aliphatic rings. The molecule has 2 aromatic rings. The highest BCUT2D eigenvalue weighted by Crippen LogP contribution is 2.47. The molecule has 5 rings (SSSR count). The van der Waals surface area contributed by atoms with Crippen LogP contribution in [0.25, 0.3) is 0 Å². The summed E-state index contributed by atoms with van der Waals surface area (Å²) in [5.41, 5.74) is 0.838. The number of carbonyl (C=O) groups excluding carboxylic acids is 2. The first kappa shape index (κ1) is 19.2. The van der Waals surface area contributed by atoms with Crippen molar-refractivity contribution in [2.24, 2.45) is 0 Å². The highest BCUT2D eigenvalue weighted by Gasteiger charge is 2.58. The van der Waals surface area contributed by atoms with Crippen LogP contribution in [-0.4, -0.2) is 51.5 Å². The van der Waals surface area contributed by atoms with E-state index in [2.05, 4.69) is 4.98 Å². The normalized spacial score (nSPS) is 25.1. The van der Waals surface area contributed by atoms with Crippen molar-refractivity contribution >= 4 is 11.8 Å². The summed E-state index contributed by atoms with van der Waals surface area (Å²) in [5.74, 6) is -0.413. The molecular weight excluding hydrogens is 385 g/mol. The number of pyridine rings is 1. The number of piperidine rings is 1. The second-order valence-corrected chi connectivity index (χ2v) is 8.37. The third kappa shape index (κ3) is 2.99. The Morgan fingerprint density at radius 2 is 1.93 bits per heavy atom. The van der Waals surface area contributed by atoms with Crippen molar-refractivity contribution in [1.29, 1.82) is 0 Å². The predicted molar refractivity (Wildman–Crippen MR) is 107 cm³/mol. The van der Waals surface area contributed by atoms with Crippen molar-refractivity contribution in [3.05, 3.63) is 65.2 Å². The molecule has 1 aromatic carbocycles. The summed E-state index contributed by atoms with van der Waals surface area (Å²) in [6, 6.07) is 10.5. The van der Waals surface area contributed by atoms with Gasteiger partial charge in [0.05, 0.1) is 11.7 Å². The molecule has 0 bridgehead atoms. The van der Waals surface area contributed by atoms with E-state index < -0.39 is 5.60 Å². The van der Waals surface area contributed by atoms with Crippen LogP contribution in [0.5, 0.6) is 0 Å². The number of likely N-dealkylation sites (tertiary alicyclic amines) is 1. The van der Waals surface area contributed by atoms with Gasteiger partial charge < -0.3 is 14.5 Å². The molecule has 0 radical (unpaired) electrons. The maximum atomic E-state index is 14.0. The quantitative estimate of drug-likeness (QED) is 0.764. The van der Waals surface area contributed by atoms with Crippen LogP contribution in [0.2, 0.25) is 0 Å². The molecule has 2 amide bonds. The van der Waals surface area contributed by atoms with Gasteiger partial charge in [0, 0.05) is 37.7 Å². The standard InChI is InChI=1S/C23H24FN3O3/c1-15-18(24)13-17(14-25-15)19-7-8-20-27(19)22(29)23(30-20)9-11-26(12-10-23)21(28)16-5-3-2-4-6-16/h2-6,13-14,19-20H,7-12H2,1H3/t19-,20+/m0/s1. The Morgan fingerprint density at radius 1 is 1.20 bits per heavy atom. The summed E-state index contributed by atoms with van der Waals surface area (Å²) in [6.07, 6.45) is 3.78. The number of aryl methyl sites for hydroxylation is 1. The van der Waals surface area contributed by atoms with E-state index in [0.29, 0.717) is 42.8 Å². The summed E-state index contributed by atoms with van der Waals surface area (Å²) in [4.78, 5) is 33.8. The highest BCUT2D eigenvalue weighted by molar-refractivity contribution is 5.95. The van der Waals surface area contributed by atoms with E-state index in [0.717, 1.165) is 12.8 Å². The number of hydrogen-bond donors (Lipinski definition) is 0. The van der Waals surface area contributed by atoms with E-state index in [-0.39, 0.29) is 29.9 Å². The lowest BCUT2D eigenvalue weighted by Gasteiger charge is -2.37. The van der Waals surface area contributed by atoms with E-state index in [1.54, 1.807) is 35.1 Å². The zero-order valence-electron chi connectivity index (χ0n) is 16.9. The summed E-state index contributed by atoms with van der Waals surface area (Å²) < 4.78 is 20.3. The number of aromatic nitrogens is 1. The Bertz CT molecular complexity index is 988. The van der Waals surface area contributed by atoms with Gasteiger partial charge in [-0.3, -0.25) is 14.6 Å².